The van der Waals surface area contributed by atoms with E-state index in [4.69, 9.17) is 0 Å². The number of nitrogens with zero attached hydrogens (tertiary/aromatic N) is 1. The molecule has 1 aliphatic heterocycles. The first-order chi connectivity index (χ1) is 9.08. The smallest absolute Gasteiger partial charge is 0.325 e. The van der Waals surface area contributed by atoms with Gasteiger partial charge in [-0.05, 0) is 39.8 Å². The summed E-state index contributed by atoms with van der Waals surface area (Å²) in [6.07, 6.45) is 2.31. The molecule has 0 spiro atoms. The Bertz CT molecular complexity index is 497. The summed E-state index contributed by atoms with van der Waals surface area (Å²) >= 11 is 0. The maximum Gasteiger partial charge on any atom is 0.325 e. The molecule has 19 heavy (non-hydrogen) atoms. The minimum Gasteiger partial charge on any atom is -0.353 e. The molecule has 0 bridgehead atoms. The number of hydrogen-bond donors (Lipinski definition) is 3. The molecule has 3 N–H and O–H groups in total. The first kappa shape index (κ1) is 13.9. The van der Waals surface area contributed by atoms with Crippen LogP contribution in [0, 0.1) is 13.8 Å². The molecule has 6 nitrogen and oxygen atoms in total. The van der Waals surface area contributed by atoms with E-state index < -0.39 is 0 Å². The van der Waals surface area contributed by atoms with E-state index >= 15 is 0 Å². The van der Waals surface area contributed by atoms with Gasteiger partial charge in [0.1, 0.15) is 0 Å². The van der Waals surface area contributed by atoms with Gasteiger partial charge in [0.25, 0.3) is 0 Å². The summed E-state index contributed by atoms with van der Waals surface area (Å²) in [6.45, 7) is 6.10. The van der Waals surface area contributed by atoms with Gasteiger partial charge >= 0.3 is 5.69 Å². The van der Waals surface area contributed by atoms with Crippen molar-refractivity contribution in [3.05, 3.63) is 21.9 Å². The SMILES string of the molecule is Cc1[nH]c(=O)n(CCC(=O)NC2CCNCC2)c1C. The standard InChI is InChI=1S/C13H22N4O2/c1-9-10(2)17(13(19)15-9)8-5-12(18)16-11-3-6-14-7-4-11/h11,14H,3-8H2,1-2H3,(H,15,19)(H,16,18). The molecule has 1 aromatic heterocycles. The Morgan fingerprint density at radius 1 is 1.37 bits per heavy atom. The molecular formula is C13H22N4O2. The molecule has 1 aromatic rings. The average Bonchev–Trinajstić information content (AvgIpc) is 2.62. The normalized spacial score (nSPS) is 16.5. The van der Waals surface area contributed by atoms with Crippen LogP contribution in [0.3, 0.4) is 0 Å². The summed E-state index contributed by atoms with van der Waals surface area (Å²) in [7, 11) is 0. The maximum atomic E-state index is 11.9. The number of H-pyrrole nitrogens is 1. The van der Waals surface area contributed by atoms with Crippen molar-refractivity contribution < 1.29 is 4.79 Å². The molecule has 6 heteroatoms. The lowest BCUT2D eigenvalue weighted by molar-refractivity contribution is -0.122. The van der Waals surface area contributed by atoms with Crippen molar-refractivity contribution in [2.75, 3.05) is 13.1 Å². The van der Waals surface area contributed by atoms with Gasteiger partial charge in [-0.15, -0.1) is 0 Å². The third-order valence-corrected chi connectivity index (χ3v) is 3.75. The fraction of sp³-hybridized carbons (Fsp3) is 0.692. The number of carbonyl (C=O) groups excluding carboxylic acids is 1. The number of imidazole rings is 1. The number of amides is 1. The highest BCUT2D eigenvalue weighted by atomic mass is 16.2. The molecule has 2 heterocycles. The van der Waals surface area contributed by atoms with E-state index in [1.807, 2.05) is 13.8 Å². The Morgan fingerprint density at radius 2 is 2.05 bits per heavy atom. The molecule has 0 radical (unpaired) electrons. The van der Waals surface area contributed by atoms with Crippen LogP contribution in [0.4, 0.5) is 0 Å². The van der Waals surface area contributed by atoms with Crippen LogP contribution in [-0.4, -0.2) is 34.6 Å². The Balaban J connectivity index is 1.84. The van der Waals surface area contributed by atoms with E-state index in [1.54, 1.807) is 4.57 Å². The summed E-state index contributed by atoms with van der Waals surface area (Å²) in [5.41, 5.74) is 1.63. The van der Waals surface area contributed by atoms with E-state index in [0.29, 0.717) is 13.0 Å². The van der Waals surface area contributed by atoms with Crippen molar-refractivity contribution in [2.24, 2.45) is 0 Å². The molecule has 0 aromatic carbocycles. The zero-order chi connectivity index (χ0) is 13.8. The summed E-state index contributed by atoms with van der Waals surface area (Å²) in [6, 6.07) is 0.277. The fourth-order valence-electron chi connectivity index (χ4n) is 2.42. The van der Waals surface area contributed by atoms with Gasteiger partial charge < -0.3 is 15.6 Å². The summed E-state index contributed by atoms with van der Waals surface area (Å²) in [4.78, 5) is 26.2. The van der Waals surface area contributed by atoms with Gasteiger partial charge in [0.2, 0.25) is 5.91 Å². The highest BCUT2D eigenvalue weighted by Gasteiger charge is 2.15. The number of aryl methyl sites for hydroxylation is 1. The fourth-order valence-corrected chi connectivity index (χ4v) is 2.42. The molecule has 0 atom stereocenters. The van der Waals surface area contributed by atoms with Gasteiger partial charge in [0.15, 0.2) is 0 Å². The van der Waals surface area contributed by atoms with Crippen LogP contribution in [0.5, 0.6) is 0 Å². The number of rotatable bonds is 4. The van der Waals surface area contributed by atoms with Crippen LogP contribution in [0.2, 0.25) is 0 Å². The number of piperidine rings is 1. The Morgan fingerprint density at radius 3 is 2.63 bits per heavy atom. The summed E-state index contributed by atoms with van der Waals surface area (Å²) in [5.74, 6) is 0.0250. The van der Waals surface area contributed by atoms with Crippen molar-refractivity contribution in [3.63, 3.8) is 0 Å². The molecule has 2 rings (SSSR count). The minimum absolute atomic E-state index is 0.0250. The van der Waals surface area contributed by atoms with Crippen LogP contribution in [0.1, 0.15) is 30.7 Å². The number of aromatic nitrogens is 2. The molecule has 0 aliphatic carbocycles. The Kier molecular flexibility index (Phi) is 4.42. The second kappa shape index (κ2) is 6.06. The highest BCUT2D eigenvalue weighted by molar-refractivity contribution is 5.76. The van der Waals surface area contributed by atoms with Crippen molar-refractivity contribution >= 4 is 5.91 Å². The number of hydrogen-bond acceptors (Lipinski definition) is 3. The van der Waals surface area contributed by atoms with Crippen LogP contribution < -0.4 is 16.3 Å². The third kappa shape index (κ3) is 3.47. The quantitative estimate of drug-likeness (QED) is 0.720. The molecule has 1 aliphatic rings. The molecule has 0 unspecified atom stereocenters. The number of aromatic amines is 1. The minimum atomic E-state index is -0.135. The first-order valence-corrected chi connectivity index (χ1v) is 6.84. The largest absolute Gasteiger partial charge is 0.353 e. The summed E-state index contributed by atoms with van der Waals surface area (Å²) in [5, 5.41) is 6.29. The van der Waals surface area contributed by atoms with E-state index in [9.17, 15) is 9.59 Å². The van der Waals surface area contributed by atoms with Gasteiger partial charge in [-0.3, -0.25) is 9.36 Å². The molecule has 1 fully saturated rings. The number of carbonyl (C=O) groups is 1. The molecule has 0 saturated carbocycles. The van der Waals surface area contributed by atoms with Crippen LogP contribution in [0.25, 0.3) is 0 Å². The lowest BCUT2D eigenvalue weighted by Gasteiger charge is -2.23. The van der Waals surface area contributed by atoms with Crippen molar-refractivity contribution in [2.45, 2.75) is 45.7 Å². The second-order valence-electron chi connectivity index (χ2n) is 5.13. The van der Waals surface area contributed by atoms with Crippen LogP contribution in [-0.2, 0) is 11.3 Å². The van der Waals surface area contributed by atoms with Crippen LogP contribution in [0.15, 0.2) is 4.79 Å². The van der Waals surface area contributed by atoms with Gasteiger partial charge in [-0.2, -0.15) is 0 Å². The molecule has 1 saturated heterocycles. The lowest BCUT2D eigenvalue weighted by Crippen LogP contribution is -2.43. The predicted molar refractivity (Wildman–Crippen MR) is 73.2 cm³/mol. The van der Waals surface area contributed by atoms with E-state index in [-0.39, 0.29) is 17.6 Å². The lowest BCUT2D eigenvalue weighted by atomic mass is 10.1. The Hall–Kier alpha value is -1.56. The van der Waals surface area contributed by atoms with Crippen LogP contribution >= 0.6 is 0 Å². The van der Waals surface area contributed by atoms with Crippen molar-refractivity contribution in [3.8, 4) is 0 Å². The van der Waals surface area contributed by atoms with Crippen molar-refractivity contribution in [1.29, 1.82) is 0 Å². The second-order valence-corrected chi connectivity index (χ2v) is 5.13. The molecule has 106 valence electrons. The van der Waals surface area contributed by atoms with E-state index in [0.717, 1.165) is 37.3 Å². The molecule has 1 amide bonds. The number of nitrogens with one attached hydrogen (secondary N) is 3. The first-order valence-electron chi connectivity index (χ1n) is 6.84. The highest BCUT2D eigenvalue weighted by Crippen LogP contribution is 2.04. The third-order valence-electron chi connectivity index (χ3n) is 3.75. The summed E-state index contributed by atoms with van der Waals surface area (Å²) < 4.78 is 1.62. The van der Waals surface area contributed by atoms with Gasteiger partial charge in [-0.25, -0.2) is 4.79 Å². The predicted octanol–water partition coefficient (Wildman–Crippen LogP) is 0.0515. The van der Waals surface area contributed by atoms with E-state index in [2.05, 4.69) is 15.6 Å². The zero-order valence-electron chi connectivity index (χ0n) is 11.6. The van der Waals surface area contributed by atoms with E-state index in [1.165, 1.54) is 0 Å². The van der Waals surface area contributed by atoms with Gasteiger partial charge in [0.05, 0.1) is 0 Å². The van der Waals surface area contributed by atoms with Gasteiger partial charge in [0, 0.05) is 30.4 Å². The topological polar surface area (TPSA) is 78.9 Å². The van der Waals surface area contributed by atoms with Crippen molar-refractivity contribution in [1.82, 2.24) is 20.2 Å². The average molecular weight is 266 g/mol. The maximum absolute atomic E-state index is 11.9. The molecular weight excluding hydrogens is 244 g/mol. The monoisotopic (exact) mass is 266 g/mol. The Labute approximate surface area is 112 Å². The zero-order valence-corrected chi connectivity index (χ0v) is 11.6. The van der Waals surface area contributed by atoms with Gasteiger partial charge in [-0.1, -0.05) is 0 Å².